The van der Waals surface area contributed by atoms with Crippen molar-refractivity contribution >= 4 is 27.5 Å². The zero-order valence-corrected chi connectivity index (χ0v) is 11.7. The van der Waals surface area contributed by atoms with Gasteiger partial charge in [0, 0.05) is 22.1 Å². The fraction of sp³-hybridized carbons (Fsp3) is 0.250. The van der Waals surface area contributed by atoms with Crippen LogP contribution in [-0.4, -0.2) is 11.7 Å². The summed E-state index contributed by atoms with van der Waals surface area (Å²) in [5.41, 5.74) is 1.87. The summed E-state index contributed by atoms with van der Waals surface area (Å²) in [6.45, 7) is 3.68. The highest BCUT2D eigenvalue weighted by molar-refractivity contribution is 9.10. The smallest absolute Gasteiger partial charge is 0.172 e. The maximum atomic E-state index is 6.19. The molecular formula is C12H12BrClN2O. The summed E-state index contributed by atoms with van der Waals surface area (Å²) < 4.78 is 6.22. The van der Waals surface area contributed by atoms with Crippen molar-refractivity contribution in [3.8, 4) is 11.3 Å². The first-order valence-electron chi connectivity index (χ1n) is 5.32. The summed E-state index contributed by atoms with van der Waals surface area (Å²) in [6.07, 6.45) is 1.72. The molecule has 0 unspecified atom stereocenters. The summed E-state index contributed by atoms with van der Waals surface area (Å²) in [6, 6.07) is 5.69. The van der Waals surface area contributed by atoms with Crippen molar-refractivity contribution in [3.63, 3.8) is 0 Å². The molecule has 1 N–H and O–H groups in total. The molecule has 0 aliphatic rings. The van der Waals surface area contributed by atoms with Gasteiger partial charge in [0.1, 0.15) is 0 Å². The molecule has 90 valence electrons. The summed E-state index contributed by atoms with van der Waals surface area (Å²) in [5, 5.41) is 7.72. The lowest BCUT2D eigenvalue weighted by Crippen LogP contribution is -2.11. The van der Waals surface area contributed by atoms with Gasteiger partial charge in [0.15, 0.2) is 5.76 Å². The van der Waals surface area contributed by atoms with Gasteiger partial charge in [0.2, 0.25) is 0 Å². The van der Waals surface area contributed by atoms with Crippen LogP contribution in [0.2, 0.25) is 5.02 Å². The van der Waals surface area contributed by atoms with Crippen molar-refractivity contribution in [2.45, 2.75) is 13.5 Å². The third-order valence-corrected chi connectivity index (χ3v) is 3.19. The average Bonchev–Trinajstić information content (AvgIpc) is 2.74. The van der Waals surface area contributed by atoms with E-state index in [1.165, 1.54) is 0 Å². The number of hydrogen-bond acceptors (Lipinski definition) is 3. The van der Waals surface area contributed by atoms with Crippen LogP contribution in [0, 0.1) is 0 Å². The molecule has 2 aromatic rings. The molecule has 0 spiro atoms. The molecule has 0 aliphatic heterocycles. The molecule has 0 amide bonds. The van der Waals surface area contributed by atoms with Crippen LogP contribution >= 0.6 is 27.5 Å². The van der Waals surface area contributed by atoms with Crippen LogP contribution in [0.3, 0.4) is 0 Å². The molecule has 0 saturated heterocycles. The Balaban J connectivity index is 2.35. The van der Waals surface area contributed by atoms with Gasteiger partial charge in [-0.05, 0) is 24.7 Å². The minimum absolute atomic E-state index is 0.647. The van der Waals surface area contributed by atoms with E-state index < -0.39 is 0 Å². The number of nitrogens with zero attached hydrogens (tertiary/aromatic N) is 1. The van der Waals surface area contributed by atoms with E-state index in [2.05, 4.69) is 33.3 Å². The first-order chi connectivity index (χ1) is 8.22. The number of nitrogens with one attached hydrogen (secondary N) is 1. The fourth-order valence-electron chi connectivity index (χ4n) is 1.54. The minimum atomic E-state index is 0.647. The fourth-order valence-corrected chi connectivity index (χ4v) is 2.30. The van der Waals surface area contributed by atoms with Gasteiger partial charge >= 0.3 is 0 Å². The first kappa shape index (κ1) is 12.6. The summed E-state index contributed by atoms with van der Waals surface area (Å²) in [7, 11) is 0. The SMILES string of the molecule is CCNCc1cnoc1-c1ccc(Br)cc1Cl. The van der Waals surface area contributed by atoms with Gasteiger partial charge in [-0.25, -0.2) is 0 Å². The van der Waals surface area contributed by atoms with Crippen LogP contribution < -0.4 is 5.32 Å². The normalized spacial score (nSPS) is 10.8. The maximum Gasteiger partial charge on any atom is 0.172 e. The van der Waals surface area contributed by atoms with E-state index in [1.54, 1.807) is 6.20 Å². The van der Waals surface area contributed by atoms with Gasteiger partial charge in [0.05, 0.1) is 11.2 Å². The van der Waals surface area contributed by atoms with E-state index in [1.807, 2.05) is 18.2 Å². The number of rotatable bonds is 4. The Morgan fingerprint density at radius 3 is 3.00 bits per heavy atom. The third-order valence-electron chi connectivity index (χ3n) is 2.39. The molecular weight excluding hydrogens is 304 g/mol. The van der Waals surface area contributed by atoms with E-state index in [9.17, 15) is 0 Å². The maximum absolute atomic E-state index is 6.19. The number of aromatic nitrogens is 1. The van der Waals surface area contributed by atoms with Crippen LogP contribution in [0.5, 0.6) is 0 Å². The van der Waals surface area contributed by atoms with E-state index in [-0.39, 0.29) is 0 Å². The Labute approximate surface area is 113 Å². The summed E-state index contributed by atoms with van der Waals surface area (Å²) in [5.74, 6) is 0.725. The van der Waals surface area contributed by atoms with Gasteiger partial charge < -0.3 is 9.84 Å². The lowest BCUT2D eigenvalue weighted by molar-refractivity contribution is 0.431. The van der Waals surface area contributed by atoms with Crippen molar-refractivity contribution < 1.29 is 4.52 Å². The highest BCUT2D eigenvalue weighted by Crippen LogP contribution is 2.32. The van der Waals surface area contributed by atoms with Crippen molar-refractivity contribution in [1.82, 2.24) is 10.5 Å². The predicted molar refractivity (Wildman–Crippen MR) is 72.0 cm³/mol. The Morgan fingerprint density at radius 1 is 1.47 bits per heavy atom. The van der Waals surface area contributed by atoms with Crippen LogP contribution in [0.1, 0.15) is 12.5 Å². The van der Waals surface area contributed by atoms with Crippen LogP contribution in [-0.2, 0) is 6.54 Å². The molecule has 2 rings (SSSR count). The molecule has 0 atom stereocenters. The Morgan fingerprint density at radius 2 is 2.29 bits per heavy atom. The van der Waals surface area contributed by atoms with Crippen molar-refractivity contribution in [1.29, 1.82) is 0 Å². The molecule has 1 aromatic carbocycles. The van der Waals surface area contributed by atoms with Gasteiger partial charge in [0.25, 0.3) is 0 Å². The number of benzene rings is 1. The van der Waals surface area contributed by atoms with Gasteiger partial charge in [-0.3, -0.25) is 0 Å². The number of halogens is 2. The predicted octanol–water partition coefficient (Wildman–Crippen LogP) is 3.87. The van der Waals surface area contributed by atoms with Crippen LogP contribution in [0.25, 0.3) is 11.3 Å². The zero-order chi connectivity index (χ0) is 12.3. The van der Waals surface area contributed by atoms with Crippen molar-refractivity contribution in [3.05, 3.63) is 39.5 Å². The Hall–Kier alpha value is -0.840. The molecule has 3 nitrogen and oxygen atoms in total. The monoisotopic (exact) mass is 314 g/mol. The lowest BCUT2D eigenvalue weighted by atomic mass is 10.1. The Kier molecular flexibility index (Phi) is 4.20. The zero-order valence-electron chi connectivity index (χ0n) is 9.34. The van der Waals surface area contributed by atoms with Crippen molar-refractivity contribution in [2.75, 3.05) is 6.54 Å². The van der Waals surface area contributed by atoms with E-state index in [4.69, 9.17) is 16.1 Å². The number of hydrogen-bond donors (Lipinski definition) is 1. The molecule has 0 fully saturated rings. The highest BCUT2D eigenvalue weighted by atomic mass is 79.9. The summed E-state index contributed by atoms with van der Waals surface area (Å²) in [4.78, 5) is 0. The third kappa shape index (κ3) is 2.89. The standard InChI is InChI=1S/C12H12BrClN2O/c1-2-15-6-8-7-16-17-12(8)10-4-3-9(13)5-11(10)14/h3-5,7,15H,2,6H2,1H3. The minimum Gasteiger partial charge on any atom is -0.356 e. The second-order valence-corrected chi connectivity index (χ2v) is 4.91. The molecule has 0 aliphatic carbocycles. The topological polar surface area (TPSA) is 38.1 Å². The van der Waals surface area contributed by atoms with Crippen LogP contribution in [0.15, 0.2) is 33.4 Å². The molecule has 1 aromatic heterocycles. The van der Waals surface area contributed by atoms with E-state index in [0.717, 1.165) is 34.4 Å². The van der Waals surface area contributed by atoms with E-state index >= 15 is 0 Å². The second-order valence-electron chi connectivity index (χ2n) is 3.58. The molecule has 0 radical (unpaired) electrons. The second kappa shape index (κ2) is 5.67. The molecule has 1 heterocycles. The van der Waals surface area contributed by atoms with Gasteiger partial charge in [-0.1, -0.05) is 39.6 Å². The molecule has 17 heavy (non-hydrogen) atoms. The quantitative estimate of drug-likeness (QED) is 0.931. The van der Waals surface area contributed by atoms with Gasteiger partial charge in [-0.2, -0.15) is 0 Å². The largest absolute Gasteiger partial charge is 0.356 e. The van der Waals surface area contributed by atoms with Crippen molar-refractivity contribution in [2.24, 2.45) is 0 Å². The molecule has 0 bridgehead atoms. The lowest BCUT2D eigenvalue weighted by Gasteiger charge is -2.04. The molecule has 5 heteroatoms. The molecule has 0 saturated carbocycles. The van der Waals surface area contributed by atoms with E-state index in [0.29, 0.717) is 5.02 Å². The average molecular weight is 316 g/mol. The Bertz CT molecular complexity index is 513. The first-order valence-corrected chi connectivity index (χ1v) is 6.49. The van der Waals surface area contributed by atoms with Gasteiger partial charge in [-0.15, -0.1) is 0 Å². The summed E-state index contributed by atoms with van der Waals surface area (Å²) >= 11 is 9.57. The highest BCUT2D eigenvalue weighted by Gasteiger charge is 2.13. The van der Waals surface area contributed by atoms with Crippen LogP contribution in [0.4, 0.5) is 0 Å².